The maximum atomic E-state index is 12.8. The van der Waals surface area contributed by atoms with Gasteiger partial charge in [0.1, 0.15) is 5.75 Å². The van der Waals surface area contributed by atoms with Gasteiger partial charge in [0.25, 0.3) is 11.1 Å². The molecule has 0 aliphatic heterocycles. The van der Waals surface area contributed by atoms with Crippen LogP contribution >= 0.6 is 23.1 Å². The van der Waals surface area contributed by atoms with Crippen molar-refractivity contribution in [1.29, 1.82) is 0 Å². The number of rotatable bonds is 9. The molecular formula is C23H23N3O3S2. The molecular weight excluding hydrogens is 430 g/mol. The van der Waals surface area contributed by atoms with Crippen LogP contribution in [0, 0.1) is 20.8 Å². The SMILES string of the molecule is Cc1cccc(OCc2nnc(SCC(=O)c3cc(C)n(Cc4cccs4)c3C)o2)c1. The number of carbonyl (C=O) groups is 1. The molecule has 0 saturated carbocycles. The van der Waals surface area contributed by atoms with Crippen molar-refractivity contribution in [3.63, 3.8) is 0 Å². The van der Waals surface area contributed by atoms with Gasteiger partial charge in [0.2, 0.25) is 0 Å². The Labute approximate surface area is 189 Å². The monoisotopic (exact) mass is 453 g/mol. The minimum atomic E-state index is 0.0475. The summed E-state index contributed by atoms with van der Waals surface area (Å²) < 4.78 is 13.5. The van der Waals surface area contributed by atoms with E-state index in [0.717, 1.165) is 34.8 Å². The number of hydrogen-bond donors (Lipinski definition) is 0. The lowest BCUT2D eigenvalue weighted by Crippen LogP contribution is -2.07. The summed E-state index contributed by atoms with van der Waals surface area (Å²) in [5, 5.41) is 10.5. The lowest BCUT2D eigenvalue weighted by molar-refractivity contribution is 0.102. The van der Waals surface area contributed by atoms with Crippen molar-refractivity contribution >= 4 is 28.9 Å². The van der Waals surface area contributed by atoms with E-state index < -0.39 is 0 Å². The number of aromatic nitrogens is 3. The number of Topliss-reactive ketones (excluding diaryl/α,β-unsaturated/α-hetero) is 1. The first-order valence-corrected chi connectivity index (χ1v) is 11.7. The van der Waals surface area contributed by atoms with E-state index in [4.69, 9.17) is 9.15 Å². The second kappa shape index (κ2) is 9.53. The first kappa shape index (κ1) is 21.4. The second-order valence-corrected chi connectivity index (χ2v) is 9.19. The molecule has 0 radical (unpaired) electrons. The van der Waals surface area contributed by atoms with Crippen LogP contribution in [0.3, 0.4) is 0 Å². The summed E-state index contributed by atoms with van der Waals surface area (Å²) in [7, 11) is 0. The smallest absolute Gasteiger partial charge is 0.277 e. The summed E-state index contributed by atoms with van der Waals surface area (Å²) in [6, 6.07) is 13.9. The number of nitrogens with zero attached hydrogens (tertiary/aromatic N) is 3. The summed E-state index contributed by atoms with van der Waals surface area (Å²) in [5.41, 5.74) is 3.92. The third-order valence-corrected chi connectivity index (χ3v) is 6.57. The Bertz CT molecular complexity index is 1180. The van der Waals surface area contributed by atoms with Crippen LogP contribution in [-0.2, 0) is 13.2 Å². The van der Waals surface area contributed by atoms with Gasteiger partial charge < -0.3 is 13.7 Å². The Morgan fingerprint density at radius 1 is 1.16 bits per heavy atom. The van der Waals surface area contributed by atoms with Crippen molar-refractivity contribution in [3.05, 3.63) is 81.1 Å². The Balaban J connectivity index is 1.34. The number of ketones is 1. The van der Waals surface area contributed by atoms with Gasteiger partial charge in [-0.3, -0.25) is 4.79 Å². The normalized spacial score (nSPS) is 11.1. The molecule has 0 aliphatic rings. The second-order valence-electron chi connectivity index (χ2n) is 7.23. The molecule has 0 saturated heterocycles. The van der Waals surface area contributed by atoms with E-state index in [-0.39, 0.29) is 18.1 Å². The van der Waals surface area contributed by atoms with Crippen LogP contribution in [-0.4, -0.2) is 26.3 Å². The molecule has 0 atom stereocenters. The lowest BCUT2D eigenvalue weighted by Gasteiger charge is -2.08. The molecule has 160 valence electrons. The summed E-state index contributed by atoms with van der Waals surface area (Å²) in [5.74, 6) is 1.42. The van der Waals surface area contributed by atoms with Crippen LogP contribution in [0.15, 0.2) is 57.5 Å². The van der Waals surface area contributed by atoms with E-state index in [0.29, 0.717) is 11.1 Å². The minimum Gasteiger partial charge on any atom is -0.484 e. The fourth-order valence-electron chi connectivity index (χ4n) is 3.30. The van der Waals surface area contributed by atoms with Gasteiger partial charge in [0, 0.05) is 21.8 Å². The van der Waals surface area contributed by atoms with Crippen LogP contribution in [0.5, 0.6) is 5.75 Å². The number of thiophene rings is 1. The van der Waals surface area contributed by atoms with Crippen LogP contribution in [0.25, 0.3) is 0 Å². The molecule has 8 heteroatoms. The zero-order chi connectivity index (χ0) is 21.8. The molecule has 1 aromatic carbocycles. The van der Waals surface area contributed by atoms with E-state index >= 15 is 0 Å². The van der Waals surface area contributed by atoms with Crippen LogP contribution < -0.4 is 4.74 Å². The van der Waals surface area contributed by atoms with Gasteiger partial charge in [-0.2, -0.15) is 0 Å². The highest BCUT2D eigenvalue weighted by Crippen LogP contribution is 2.23. The van der Waals surface area contributed by atoms with Gasteiger partial charge in [0.15, 0.2) is 12.4 Å². The third kappa shape index (κ3) is 5.26. The minimum absolute atomic E-state index is 0.0475. The standard InChI is InChI=1S/C23H23N3O3S2/c1-15-6-4-7-18(10-15)28-13-22-24-25-23(29-22)31-14-21(27)20-11-16(2)26(17(20)3)12-19-8-5-9-30-19/h4-11H,12-14H2,1-3H3. The molecule has 4 rings (SSSR count). The molecule has 0 N–H and O–H groups in total. The number of aryl methyl sites for hydroxylation is 2. The fraction of sp³-hybridized carbons (Fsp3) is 0.261. The Morgan fingerprint density at radius 3 is 2.81 bits per heavy atom. The maximum absolute atomic E-state index is 12.8. The van der Waals surface area contributed by atoms with Crippen molar-refractivity contribution in [2.45, 2.75) is 39.1 Å². The first-order valence-electron chi connectivity index (χ1n) is 9.86. The predicted octanol–water partition coefficient (Wildman–Crippen LogP) is 5.46. The quantitative estimate of drug-likeness (QED) is 0.248. The van der Waals surface area contributed by atoms with E-state index in [1.165, 1.54) is 16.6 Å². The average Bonchev–Trinajstić information content (AvgIpc) is 3.49. The Morgan fingerprint density at radius 2 is 2.03 bits per heavy atom. The molecule has 0 spiro atoms. The van der Waals surface area contributed by atoms with Gasteiger partial charge in [-0.05, 0) is 56.0 Å². The largest absolute Gasteiger partial charge is 0.484 e. The zero-order valence-electron chi connectivity index (χ0n) is 17.6. The lowest BCUT2D eigenvalue weighted by atomic mass is 10.2. The zero-order valence-corrected chi connectivity index (χ0v) is 19.3. The molecule has 3 heterocycles. The average molecular weight is 454 g/mol. The van der Waals surface area contributed by atoms with Crippen molar-refractivity contribution < 1.29 is 13.9 Å². The van der Waals surface area contributed by atoms with Crippen molar-refractivity contribution in [2.24, 2.45) is 0 Å². The first-order chi connectivity index (χ1) is 15.0. The molecule has 0 unspecified atom stereocenters. The highest BCUT2D eigenvalue weighted by atomic mass is 32.2. The molecule has 0 fully saturated rings. The Hall–Kier alpha value is -2.84. The van der Waals surface area contributed by atoms with Gasteiger partial charge in [-0.25, -0.2) is 0 Å². The summed E-state index contributed by atoms with van der Waals surface area (Å²) in [6.45, 7) is 7.00. The summed E-state index contributed by atoms with van der Waals surface area (Å²) in [4.78, 5) is 14.1. The molecule has 4 aromatic rings. The highest BCUT2D eigenvalue weighted by Gasteiger charge is 2.18. The summed E-state index contributed by atoms with van der Waals surface area (Å²) in [6.07, 6.45) is 0. The number of thioether (sulfide) groups is 1. The Kier molecular flexibility index (Phi) is 6.58. The molecule has 0 amide bonds. The van der Waals surface area contributed by atoms with E-state index in [2.05, 4.69) is 26.2 Å². The molecule has 3 aromatic heterocycles. The number of carbonyl (C=O) groups excluding carboxylic acids is 1. The van der Waals surface area contributed by atoms with Gasteiger partial charge in [-0.1, -0.05) is 30.0 Å². The highest BCUT2D eigenvalue weighted by molar-refractivity contribution is 7.99. The third-order valence-electron chi connectivity index (χ3n) is 4.89. The van der Waals surface area contributed by atoms with E-state index in [9.17, 15) is 4.79 Å². The van der Waals surface area contributed by atoms with Crippen molar-refractivity contribution in [1.82, 2.24) is 14.8 Å². The number of ether oxygens (including phenoxy) is 1. The molecule has 31 heavy (non-hydrogen) atoms. The fourth-order valence-corrected chi connectivity index (χ4v) is 4.65. The summed E-state index contributed by atoms with van der Waals surface area (Å²) >= 11 is 2.96. The topological polar surface area (TPSA) is 70.2 Å². The number of hydrogen-bond acceptors (Lipinski definition) is 7. The van der Waals surface area contributed by atoms with Gasteiger partial charge in [0.05, 0.1) is 12.3 Å². The molecule has 0 aliphatic carbocycles. The van der Waals surface area contributed by atoms with Crippen LogP contribution in [0.1, 0.15) is 38.1 Å². The predicted molar refractivity (Wildman–Crippen MR) is 122 cm³/mol. The van der Waals surface area contributed by atoms with Crippen LogP contribution in [0.4, 0.5) is 0 Å². The van der Waals surface area contributed by atoms with E-state index in [1.54, 1.807) is 11.3 Å². The number of benzene rings is 1. The van der Waals surface area contributed by atoms with Gasteiger partial charge in [-0.15, -0.1) is 21.5 Å². The van der Waals surface area contributed by atoms with Crippen molar-refractivity contribution in [3.8, 4) is 5.75 Å². The molecule has 0 bridgehead atoms. The molecule has 6 nitrogen and oxygen atoms in total. The van der Waals surface area contributed by atoms with E-state index in [1.807, 2.05) is 57.2 Å². The van der Waals surface area contributed by atoms with Gasteiger partial charge >= 0.3 is 0 Å². The van der Waals surface area contributed by atoms with Crippen LogP contribution in [0.2, 0.25) is 0 Å². The maximum Gasteiger partial charge on any atom is 0.277 e. The van der Waals surface area contributed by atoms with Crippen molar-refractivity contribution in [2.75, 3.05) is 5.75 Å².